The zero-order chi connectivity index (χ0) is 9.68. The topological polar surface area (TPSA) is 27.1 Å². The SMILES string of the molecule is C=CCc1c(OC)cnn1CCC. The van der Waals surface area contributed by atoms with Crippen molar-refractivity contribution in [1.29, 1.82) is 0 Å². The molecule has 0 N–H and O–H groups in total. The van der Waals surface area contributed by atoms with Crippen LogP contribution in [0.5, 0.6) is 5.75 Å². The predicted octanol–water partition coefficient (Wildman–Crippen LogP) is 2.03. The van der Waals surface area contributed by atoms with E-state index in [1.54, 1.807) is 13.3 Å². The molecule has 0 bridgehead atoms. The average Bonchev–Trinajstić information content (AvgIpc) is 2.50. The van der Waals surface area contributed by atoms with E-state index in [9.17, 15) is 0 Å². The molecule has 0 aliphatic carbocycles. The fourth-order valence-corrected chi connectivity index (χ4v) is 1.31. The van der Waals surface area contributed by atoms with Gasteiger partial charge in [0.2, 0.25) is 0 Å². The summed E-state index contributed by atoms with van der Waals surface area (Å²) in [6.45, 7) is 6.78. The van der Waals surface area contributed by atoms with Crippen LogP contribution < -0.4 is 4.74 Å². The smallest absolute Gasteiger partial charge is 0.160 e. The third-order valence-electron chi connectivity index (χ3n) is 1.90. The van der Waals surface area contributed by atoms with E-state index in [0.717, 1.165) is 30.8 Å². The van der Waals surface area contributed by atoms with Crippen LogP contribution in [0.1, 0.15) is 19.0 Å². The van der Waals surface area contributed by atoms with Crippen molar-refractivity contribution < 1.29 is 4.74 Å². The van der Waals surface area contributed by atoms with E-state index < -0.39 is 0 Å². The van der Waals surface area contributed by atoms with Gasteiger partial charge in [0, 0.05) is 13.0 Å². The van der Waals surface area contributed by atoms with Gasteiger partial charge >= 0.3 is 0 Å². The van der Waals surface area contributed by atoms with Gasteiger partial charge in [-0.2, -0.15) is 5.10 Å². The number of methoxy groups -OCH3 is 1. The molecule has 13 heavy (non-hydrogen) atoms. The molecule has 0 radical (unpaired) electrons. The monoisotopic (exact) mass is 180 g/mol. The summed E-state index contributed by atoms with van der Waals surface area (Å²) in [5.41, 5.74) is 1.11. The van der Waals surface area contributed by atoms with Crippen molar-refractivity contribution in [2.75, 3.05) is 7.11 Å². The molecular weight excluding hydrogens is 164 g/mol. The van der Waals surface area contributed by atoms with Crippen molar-refractivity contribution in [3.63, 3.8) is 0 Å². The number of ether oxygens (including phenoxy) is 1. The number of rotatable bonds is 5. The first-order valence-electron chi connectivity index (χ1n) is 4.53. The van der Waals surface area contributed by atoms with Gasteiger partial charge in [-0.3, -0.25) is 4.68 Å². The van der Waals surface area contributed by atoms with Crippen molar-refractivity contribution in [3.8, 4) is 5.75 Å². The predicted molar refractivity (Wildman–Crippen MR) is 53.0 cm³/mol. The molecule has 0 aliphatic rings. The minimum absolute atomic E-state index is 0.809. The van der Waals surface area contributed by atoms with Crippen LogP contribution in [0.2, 0.25) is 0 Å². The molecule has 0 amide bonds. The standard InChI is InChI=1S/C10H16N2O/c1-4-6-9-10(13-3)8-11-12(9)7-5-2/h4,8H,1,5-7H2,2-3H3. The number of aromatic nitrogens is 2. The fraction of sp³-hybridized carbons (Fsp3) is 0.500. The van der Waals surface area contributed by atoms with E-state index in [2.05, 4.69) is 18.6 Å². The van der Waals surface area contributed by atoms with E-state index in [0.29, 0.717) is 0 Å². The number of hydrogen-bond acceptors (Lipinski definition) is 2. The molecule has 0 unspecified atom stereocenters. The Balaban J connectivity index is 2.91. The highest BCUT2D eigenvalue weighted by Gasteiger charge is 2.08. The van der Waals surface area contributed by atoms with Crippen LogP contribution >= 0.6 is 0 Å². The Hall–Kier alpha value is -1.25. The zero-order valence-corrected chi connectivity index (χ0v) is 8.29. The van der Waals surface area contributed by atoms with Gasteiger partial charge in [0.05, 0.1) is 19.0 Å². The normalized spacial score (nSPS) is 10.0. The third kappa shape index (κ3) is 2.11. The van der Waals surface area contributed by atoms with Gasteiger partial charge in [0.25, 0.3) is 0 Å². The van der Waals surface area contributed by atoms with E-state index in [4.69, 9.17) is 4.74 Å². The van der Waals surface area contributed by atoms with E-state index in [1.807, 2.05) is 10.8 Å². The molecule has 0 atom stereocenters. The highest BCUT2D eigenvalue weighted by atomic mass is 16.5. The summed E-state index contributed by atoms with van der Waals surface area (Å²) >= 11 is 0. The molecule has 0 saturated carbocycles. The van der Waals surface area contributed by atoms with E-state index >= 15 is 0 Å². The Kier molecular flexibility index (Phi) is 3.55. The van der Waals surface area contributed by atoms with Gasteiger partial charge in [0.1, 0.15) is 0 Å². The fourth-order valence-electron chi connectivity index (χ4n) is 1.31. The molecule has 1 aromatic heterocycles. The van der Waals surface area contributed by atoms with Crippen molar-refractivity contribution in [3.05, 3.63) is 24.5 Å². The Morgan fingerprint density at radius 3 is 3.00 bits per heavy atom. The van der Waals surface area contributed by atoms with Gasteiger partial charge in [-0.25, -0.2) is 0 Å². The minimum Gasteiger partial charge on any atom is -0.493 e. The van der Waals surface area contributed by atoms with E-state index in [1.165, 1.54) is 0 Å². The summed E-state index contributed by atoms with van der Waals surface area (Å²) in [6, 6.07) is 0. The Labute approximate surface area is 79.0 Å². The van der Waals surface area contributed by atoms with Crippen molar-refractivity contribution in [1.82, 2.24) is 9.78 Å². The van der Waals surface area contributed by atoms with Crippen LogP contribution in [0.4, 0.5) is 0 Å². The second-order valence-corrected chi connectivity index (χ2v) is 2.88. The summed E-state index contributed by atoms with van der Waals surface area (Å²) in [7, 11) is 1.67. The molecule has 3 heteroatoms. The summed E-state index contributed by atoms with van der Waals surface area (Å²) < 4.78 is 7.17. The first-order chi connectivity index (χ1) is 6.33. The second-order valence-electron chi connectivity index (χ2n) is 2.88. The van der Waals surface area contributed by atoms with Gasteiger partial charge < -0.3 is 4.74 Å². The van der Waals surface area contributed by atoms with Crippen LogP contribution in [0.25, 0.3) is 0 Å². The molecule has 0 fully saturated rings. The Bertz CT molecular complexity index is 278. The maximum Gasteiger partial charge on any atom is 0.160 e. The largest absolute Gasteiger partial charge is 0.493 e. The number of allylic oxidation sites excluding steroid dienone is 1. The number of hydrogen-bond donors (Lipinski definition) is 0. The van der Waals surface area contributed by atoms with Crippen LogP contribution in [0.3, 0.4) is 0 Å². The molecule has 1 heterocycles. The molecular formula is C10H16N2O. The molecule has 72 valence electrons. The summed E-state index contributed by atoms with van der Waals surface area (Å²) in [6.07, 6.45) is 5.51. The first-order valence-corrected chi connectivity index (χ1v) is 4.53. The molecule has 0 aliphatic heterocycles. The van der Waals surface area contributed by atoms with Crippen molar-refractivity contribution in [2.45, 2.75) is 26.3 Å². The number of aryl methyl sites for hydroxylation is 1. The zero-order valence-electron chi connectivity index (χ0n) is 8.29. The van der Waals surface area contributed by atoms with Gasteiger partial charge in [-0.1, -0.05) is 13.0 Å². The van der Waals surface area contributed by atoms with Crippen LogP contribution in [0.15, 0.2) is 18.9 Å². The average molecular weight is 180 g/mol. The molecule has 0 spiro atoms. The van der Waals surface area contributed by atoms with Gasteiger partial charge in [-0.15, -0.1) is 6.58 Å². The summed E-state index contributed by atoms with van der Waals surface area (Å²) in [5.74, 6) is 0.855. The molecule has 1 aromatic rings. The quantitative estimate of drug-likeness (QED) is 0.648. The highest BCUT2D eigenvalue weighted by molar-refractivity contribution is 5.26. The molecule has 0 saturated heterocycles. The first kappa shape index (κ1) is 9.84. The van der Waals surface area contributed by atoms with Crippen molar-refractivity contribution >= 4 is 0 Å². The Morgan fingerprint density at radius 2 is 2.46 bits per heavy atom. The van der Waals surface area contributed by atoms with Crippen LogP contribution in [0, 0.1) is 0 Å². The van der Waals surface area contributed by atoms with Crippen LogP contribution in [-0.2, 0) is 13.0 Å². The number of nitrogens with zero attached hydrogens (tertiary/aromatic N) is 2. The lowest BCUT2D eigenvalue weighted by Crippen LogP contribution is -2.04. The lowest BCUT2D eigenvalue weighted by molar-refractivity contribution is 0.408. The lowest BCUT2D eigenvalue weighted by Gasteiger charge is -2.05. The van der Waals surface area contributed by atoms with Crippen molar-refractivity contribution in [2.24, 2.45) is 0 Å². The Morgan fingerprint density at radius 1 is 1.69 bits per heavy atom. The second kappa shape index (κ2) is 4.70. The summed E-state index contributed by atoms with van der Waals surface area (Å²) in [4.78, 5) is 0. The summed E-state index contributed by atoms with van der Waals surface area (Å²) in [5, 5.41) is 4.24. The maximum atomic E-state index is 5.19. The van der Waals surface area contributed by atoms with Gasteiger partial charge in [-0.05, 0) is 6.42 Å². The van der Waals surface area contributed by atoms with Gasteiger partial charge in [0.15, 0.2) is 5.75 Å². The lowest BCUT2D eigenvalue weighted by atomic mass is 10.3. The molecule has 0 aromatic carbocycles. The molecule has 1 rings (SSSR count). The third-order valence-corrected chi connectivity index (χ3v) is 1.90. The molecule has 3 nitrogen and oxygen atoms in total. The highest BCUT2D eigenvalue weighted by Crippen LogP contribution is 2.18. The maximum absolute atomic E-state index is 5.19. The van der Waals surface area contributed by atoms with E-state index in [-0.39, 0.29) is 0 Å². The minimum atomic E-state index is 0.809. The van der Waals surface area contributed by atoms with Crippen LogP contribution in [-0.4, -0.2) is 16.9 Å².